The molecule has 0 fully saturated rings. The second-order valence-corrected chi connectivity index (χ2v) is 4.15. The first-order chi connectivity index (χ1) is 7.29. The summed E-state index contributed by atoms with van der Waals surface area (Å²) in [7, 11) is 0. The van der Waals surface area contributed by atoms with Crippen LogP contribution in [0.5, 0.6) is 0 Å². The molecule has 78 valence electrons. The van der Waals surface area contributed by atoms with Crippen LogP contribution < -0.4 is 0 Å². The summed E-state index contributed by atoms with van der Waals surface area (Å²) in [4.78, 5) is 4.47. The van der Waals surface area contributed by atoms with Crippen molar-refractivity contribution in [2.75, 3.05) is 5.88 Å². The Morgan fingerprint density at radius 3 is 2.87 bits per heavy atom. The van der Waals surface area contributed by atoms with Crippen molar-refractivity contribution in [2.24, 2.45) is 0 Å². The molecule has 0 N–H and O–H groups in total. The minimum Gasteiger partial charge on any atom is -0.253 e. The molecule has 1 aromatic heterocycles. The smallest absolute Gasteiger partial charge is 0.0705 e. The summed E-state index contributed by atoms with van der Waals surface area (Å²) in [5, 5.41) is 1.22. The molecule has 0 bridgehead atoms. The van der Waals surface area contributed by atoms with E-state index in [4.69, 9.17) is 11.6 Å². The lowest BCUT2D eigenvalue weighted by atomic mass is 10.1. The molecule has 0 aliphatic rings. The number of fused-ring (bicyclic) bond motifs is 1. The van der Waals surface area contributed by atoms with Crippen molar-refractivity contribution < 1.29 is 0 Å². The van der Waals surface area contributed by atoms with Gasteiger partial charge in [0.1, 0.15) is 0 Å². The van der Waals surface area contributed by atoms with Gasteiger partial charge in [-0.1, -0.05) is 12.1 Å². The first kappa shape index (κ1) is 10.4. The maximum Gasteiger partial charge on any atom is 0.0705 e. The van der Waals surface area contributed by atoms with E-state index < -0.39 is 0 Å². The molecule has 0 saturated heterocycles. The van der Waals surface area contributed by atoms with Crippen LogP contribution in [0.4, 0.5) is 0 Å². The lowest BCUT2D eigenvalue weighted by Gasteiger charge is -2.02. The summed E-state index contributed by atoms with van der Waals surface area (Å²) >= 11 is 5.68. The minimum atomic E-state index is 0.726. The Kier molecular flexibility index (Phi) is 3.22. The number of nitrogens with zero attached hydrogens (tertiary/aromatic N) is 1. The summed E-state index contributed by atoms with van der Waals surface area (Å²) in [6.07, 6.45) is 2.08. The van der Waals surface area contributed by atoms with Gasteiger partial charge in [-0.3, -0.25) is 4.98 Å². The van der Waals surface area contributed by atoms with Crippen LogP contribution in [0.25, 0.3) is 10.9 Å². The lowest BCUT2D eigenvalue weighted by molar-refractivity contribution is 0.930. The monoisotopic (exact) mass is 219 g/mol. The number of hydrogen-bond donors (Lipinski definition) is 0. The van der Waals surface area contributed by atoms with Crippen LogP contribution in [-0.2, 0) is 6.42 Å². The summed E-state index contributed by atoms with van der Waals surface area (Å²) in [5.41, 5.74) is 3.48. The summed E-state index contributed by atoms with van der Waals surface area (Å²) in [6, 6.07) is 10.6. The highest BCUT2D eigenvalue weighted by Crippen LogP contribution is 2.15. The average Bonchev–Trinajstić information content (AvgIpc) is 2.26. The Hall–Kier alpha value is -1.08. The zero-order chi connectivity index (χ0) is 10.7. The molecule has 1 heterocycles. The number of benzene rings is 1. The highest BCUT2D eigenvalue weighted by molar-refractivity contribution is 6.17. The second-order valence-electron chi connectivity index (χ2n) is 3.77. The predicted octanol–water partition coefficient (Wildman–Crippen LogP) is 3.71. The van der Waals surface area contributed by atoms with Gasteiger partial charge in [-0.25, -0.2) is 0 Å². The zero-order valence-electron chi connectivity index (χ0n) is 8.83. The topological polar surface area (TPSA) is 12.9 Å². The molecule has 0 radical (unpaired) electrons. The van der Waals surface area contributed by atoms with Crippen molar-refractivity contribution in [3.8, 4) is 0 Å². The van der Waals surface area contributed by atoms with E-state index in [0.717, 1.165) is 29.9 Å². The Bertz CT molecular complexity index is 465. The molecular formula is C13H14ClN. The Balaban J connectivity index is 2.34. The SMILES string of the molecule is Cc1ccc2cc(CCCCl)ccc2n1. The fraction of sp³-hybridized carbons (Fsp3) is 0.308. The quantitative estimate of drug-likeness (QED) is 0.718. The largest absolute Gasteiger partial charge is 0.253 e. The Labute approximate surface area is 95.1 Å². The van der Waals surface area contributed by atoms with Gasteiger partial charge in [0.05, 0.1) is 5.52 Å². The van der Waals surface area contributed by atoms with Gasteiger partial charge >= 0.3 is 0 Å². The Morgan fingerprint density at radius 2 is 2.07 bits per heavy atom. The first-order valence-corrected chi connectivity index (χ1v) is 5.75. The third kappa shape index (κ3) is 2.48. The van der Waals surface area contributed by atoms with E-state index in [2.05, 4.69) is 29.2 Å². The number of rotatable bonds is 3. The predicted molar refractivity (Wildman–Crippen MR) is 65.5 cm³/mol. The molecule has 0 amide bonds. The van der Waals surface area contributed by atoms with Crippen molar-refractivity contribution in [1.29, 1.82) is 0 Å². The van der Waals surface area contributed by atoms with Crippen molar-refractivity contribution in [2.45, 2.75) is 19.8 Å². The summed E-state index contributed by atoms with van der Waals surface area (Å²) in [6.45, 7) is 2.01. The number of hydrogen-bond acceptors (Lipinski definition) is 1. The number of aryl methyl sites for hydroxylation is 2. The molecule has 0 spiro atoms. The number of pyridine rings is 1. The van der Waals surface area contributed by atoms with Crippen LogP contribution in [0.3, 0.4) is 0 Å². The molecule has 2 heteroatoms. The maximum atomic E-state index is 5.68. The van der Waals surface area contributed by atoms with Crippen molar-refractivity contribution >= 4 is 22.5 Å². The van der Waals surface area contributed by atoms with E-state index in [9.17, 15) is 0 Å². The van der Waals surface area contributed by atoms with Gasteiger partial charge in [0.15, 0.2) is 0 Å². The van der Waals surface area contributed by atoms with E-state index >= 15 is 0 Å². The van der Waals surface area contributed by atoms with Gasteiger partial charge in [0.2, 0.25) is 0 Å². The van der Waals surface area contributed by atoms with Crippen molar-refractivity contribution in [1.82, 2.24) is 4.98 Å². The average molecular weight is 220 g/mol. The van der Waals surface area contributed by atoms with Gasteiger partial charge in [0.25, 0.3) is 0 Å². The van der Waals surface area contributed by atoms with Gasteiger partial charge < -0.3 is 0 Å². The zero-order valence-corrected chi connectivity index (χ0v) is 9.59. The van der Waals surface area contributed by atoms with E-state index in [1.807, 2.05) is 13.0 Å². The molecule has 0 atom stereocenters. The maximum absolute atomic E-state index is 5.68. The van der Waals surface area contributed by atoms with Crippen molar-refractivity contribution in [3.63, 3.8) is 0 Å². The van der Waals surface area contributed by atoms with Crippen LogP contribution in [0.2, 0.25) is 0 Å². The molecule has 0 aliphatic heterocycles. The molecule has 2 rings (SSSR count). The lowest BCUT2D eigenvalue weighted by Crippen LogP contribution is -1.88. The van der Waals surface area contributed by atoms with E-state index in [1.54, 1.807) is 0 Å². The third-order valence-electron chi connectivity index (χ3n) is 2.49. The standard InChI is InChI=1S/C13H14ClN/c1-10-4-6-12-9-11(3-2-8-14)5-7-13(12)15-10/h4-7,9H,2-3,8H2,1H3. The fourth-order valence-electron chi connectivity index (χ4n) is 1.70. The molecule has 2 aromatic rings. The van der Waals surface area contributed by atoms with Crippen LogP contribution in [-0.4, -0.2) is 10.9 Å². The van der Waals surface area contributed by atoms with Gasteiger partial charge in [-0.15, -0.1) is 11.6 Å². The summed E-state index contributed by atoms with van der Waals surface area (Å²) < 4.78 is 0. The molecule has 0 unspecified atom stereocenters. The number of halogens is 1. The molecule has 1 aromatic carbocycles. The van der Waals surface area contributed by atoms with Crippen molar-refractivity contribution in [3.05, 3.63) is 41.6 Å². The molecular weight excluding hydrogens is 206 g/mol. The normalized spacial score (nSPS) is 10.8. The van der Waals surface area contributed by atoms with Crippen LogP contribution in [0, 0.1) is 6.92 Å². The van der Waals surface area contributed by atoms with E-state index in [0.29, 0.717) is 0 Å². The number of alkyl halides is 1. The van der Waals surface area contributed by atoms with Gasteiger partial charge in [-0.2, -0.15) is 0 Å². The minimum absolute atomic E-state index is 0.726. The summed E-state index contributed by atoms with van der Waals surface area (Å²) in [5.74, 6) is 0.726. The number of aromatic nitrogens is 1. The van der Waals surface area contributed by atoms with Gasteiger partial charge in [-0.05, 0) is 43.5 Å². The second kappa shape index (κ2) is 4.63. The molecule has 15 heavy (non-hydrogen) atoms. The third-order valence-corrected chi connectivity index (χ3v) is 2.76. The highest BCUT2D eigenvalue weighted by Gasteiger charge is 1.98. The highest BCUT2D eigenvalue weighted by atomic mass is 35.5. The molecule has 0 saturated carbocycles. The Morgan fingerprint density at radius 1 is 1.20 bits per heavy atom. The van der Waals surface area contributed by atoms with Crippen LogP contribution in [0.1, 0.15) is 17.7 Å². The first-order valence-electron chi connectivity index (χ1n) is 5.22. The molecule has 0 aliphatic carbocycles. The van der Waals surface area contributed by atoms with Gasteiger partial charge in [0, 0.05) is 17.0 Å². The molecule has 1 nitrogen and oxygen atoms in total. The van der Waals surface area contributed by atoms with Crippen LogP contribution >= 0.6 is 11.6 Å². The van der Waals surface area contributed by atoms with Crippen LogP contribution in [0.15, 0.2) is 30.3 Å². The van der Waals surface area contributed by atoms with E-state index in [1.165, 1.54) is 10.9 Å². The van der Waals surface area contributed by atoms with E-state index in [-0.39, 0.29) is 0 Å². The fourth-order valence-corrected chi connectivity index (χ4v) is 1.84.